The molecule has 0 radical (unpaired) electrons. The third-order valence-electron chi connectivity index (χ3n) is 1.29. The number of nitrogens with two attached hydrogens (primary N) is 1. The zero-order chi connectivity index (χ0) is 9.84. The van der Waals surface area contributed by atoms with E-state index in [9.17, 15) is 9.18 Å². The van der Waals surface area contributed by atoms with Gasteiger partial charge < -0.3 is 10.5 Å². The molecule has 4 nitrogen and oxygen atoms in total. The Bertz CT molecular complexity index is 384. The maximum absolute atomic E-state index is 12.9. The number of ether oxygens (including phenoxy) is 1. The number of benzene rings is 1. The molecule has 0 saturated carbocycles. The van der Waals surface area contributed by atoms with Crippen molar-refractivity contribution in [3.63, 3.8) is 0 Å². The molecule has 0 unspecified atom stereocenters. The Morgan fingerprint density at radius 1 is 1.62 bits per heavy atom. The van der Waals surface area contributed by atoms with Gasteiger partial charge >= 0.3 is 6.09 Å². The van der Waals surface area contributed by atoms with Gasteiger partial charge in [-0.05, 0) is 12.1 Å². The van der Waals surface area contributed by atoms with Crippen LogP contribution >= 0.6 is 0 Å². The highest BCUT2D eigenvalue weighted by Crippen LogP contribution is 2.21. The second kappa shape index (κ2) is 3.54. The van der Waals surface area contributed by atoms with Crippen LogP contribution in [0.25, 0.3) is 0 Å². The molecule has 0 saturated heterocycles. The fourth-order valence-corrected chi connectivity index (χ4v) is 0.801. The maximum Gasteiger partial charge on any atom is 0.410 e. The van der Waals surface area contributed by atoms with Crippen molar-refractivity contribution in [2.24, 2.45) is 5.73 Å². The third-order valence-corrected chi connectivity index (χ3v) is 1.29. The van der Waals surface area contributed by atoms with E-state index in [0.717, 1.165) is 6.07 Å². The first-order chi connectivity index (χ1) is 6.15. The molecule has 0 spiro atoms. The minimum absolute atomic E-state index is 0.0706. The monoisotopic (exact) mass is 180 g/mol. The average molecular weight is 180 g/mol. The van der Waals surface area contributed by atoms with E-state index >= 15 is 0 Å². The quantitative estimate of drug-likeness (QED) is 0.704. The van der Waals surface area contributed by atoms with Gasteiger partial charge in [-0.1, -0.05) is 6.07 Å². The minimum atomic E-state index is -1.15. The van der Waals surface area contributed by atoms with Crippen LogP contribution in [0.3, 0.4) is 0 Å². The topological polar surface area (TPSA) is 76.1 Å². The molecule has 66 valence electrons. The lowest BCUT2D eigenvalue weighted by Gasteiger charge is -2.02. The van der Waals surface area contributed by atoms with Crippen LogP contribution in [0.4, 0.5) is 9.18 Å². The van der Waals surface area contributed by atoms with E-state index in [-0.39, 0.29) is 5.56 Å². The summed E-state index contributed by atoms with van der Waals surface area (Å²) in [5, 5.41) is 8.51. The first-order valence-corrected chi connectivity index (χ1v) is 3.31. The molecule has 0 heterocycles. The van der Waals surface area contributed by atoms with Gasteiger partial charge in [0, 0.05) is 0 Å². The van der Waals surface area contributed by atoms with E-state index in [1.54, 1.807) is 6.07 Å². The number of rotatable bonds is 1. The van der Waals surface area contributed by atoms with Gasteiger partial charge in [0.05, 0.1) is 5.56 Å². The summed E-state index contributed by atoms with van der Waals surface area (Å²) in [6, 6.07) is 5.39. The molecule has 1 amide bonds. The summed E-state index contributed by atoms with van der Waals surface area (Å²) in [4.78, 5) is 10.3. The molecule has 2 N–H and O–H groups in total. The summed E-state index contributed by atoms with van der Waals surface area (Å²) in [5.74, 6) is -1.23. The summed E-state index contributed by atoms with van der Waals surface area (Å²) < 4.78 is 17.2. The Hall–Kier alpha value is -2.09. The Morgan fingerprint density at radius 3 is 2.85 bits per heavy atom. The highest BCUT2D eigenvalue weighted by Gasteiger charge is 2.11. The van der Waals surface area contributed by atoms with Gasteiger partial charge in [-0.15, -0.1) is 0 Å². The summed E-state index contributed by atoms with van der Waals surface area (Å²) in [6.07, 6.45) is -1.15. The average Bonchev–Trinajstić information content (AvgIpc) is 2.08. The first kappa shape index (κ1) is 9.00. The largest absolute Gasteiger partial charge is 0.410 e. The van der Waals surface area contributed by atoms with Gasteiger partial charge in [0.15, 0.2) is 11.6 Å². The van der Waals surface area contributed by atoms with E-state index < -0.39 is 17.7 Å². The fraction of sp³-hybridized carbons (Fsp3) is 0. The normalized spacial score (nSPS) is 8.92. The van der Waals surface area contributed by atoms with Crippen LogP contribution in [0.1, 0.15) is 5.56 Å². The molecule has 0 aliphatic heterocycles. The van der Waals surface area contributed by atoms with E-state index in [2.05, 4.69) is 10.5 Å². The Kier molecular flexibility index (Phi) is 2.45. The van der Waals surface area contributed by atoms with Crippen LogP contribution in [-0.2, 0) is 0 Å². The molecule has 0 fully saturated rings. The number of nitriles is 1. The van der Waals surface area contributed by atoms with E-state index in [1.807, 2.05) is 0 Å². The fourth-order valence-electron chi connectivity index (χ4n) is 0.801. The van der Waals surface area contributed by atoms with Gasteiger partial charge in [-0.3, -0.25) is 0 Å². The third kappa shape index (κ3) is 1.93. The van der Waals surface area contributed by atoms with Gasteiger partial charge in [-0.2, -0.15) is 5.26 Å². The van der Waals surface area contributed by atoms with Gasteiger partial charge in [0.2, 0.25) is 0 Å². The summed E-state index contributed by atoms with van der Waals surface area (Å²) >= 11 is 0. The molecule has 0 aromatic heterocycles. The minimum Gasteiger partial charge on any atom is -0.406 e. The van der Waals surface area contributed by atoms with Crippen LogP contribution < -0.4 is 10.5 Å². The van der Waals surface area contributed by atoms with Crippen molar-refractivity contribution in [2.45, 2.75) is 0 Å². The number of amides is 1. The number of carbonyl (C=O) groups is 1. The molecule has 1 rings (SSSR count). The lowest BCUT2D eigenvalue weighted by molar-refractivity contribution is 0.208. The zero-order valence-electron chi connectivity index (χ0n) is 6.45. The van der Waals surface area contributed by atoms with Gasteiger partial charge in [0.25, 0.3) is 0 Å². The molecular formula is C8H5FN2O2. The SMILES string of the molecule is N#Cc1cccc(F)c1OC(N)=O. The molecule has 0 aliphatic carbocycles. The number of hydrogen-bond acceptors (Lipinski definition) is 3. The van der Waals surface area contributed by atoms with E-state index in [1.165, 1.54) is 12.1 Å². The van der Waals surface area contributed by atoms with Gasteiger partial charge in [0.1, 0.15) is 6.07 Å². The number of carbonyl (C=O) groups excluding carboxylic acids is 1. The molecule has 1 aromatic rings. The summed E-state index contributed by atoms with van der Waals surface area (Å²) in [7, 11) is 0. The van der Waals surface area contributed by atoms with Crippen molar-refractivity contribution >= 4 is 6.09 Å². The van der Waals surface area contributed by atoms with Crippen LogP contribution in [0.2, 0.25) is 0 Å². The number of primary amides is 1. The van der Waals surface area contributed by atoms with Crippen LogP contribution in [0.5, 0.6) is 5.75 Å². The van der Waals surface area contributed by atoms with Crippen LogP contribution in [0.15, 0.2) is 18.2 Å². The predicted molar refractivity (Wildman–Crippen MR) is 41.3 cm³/mol. The first-order valence-electron chi connectivity index (χ1n) is 3.31. The van der Waals surface area contributed by atoms with Crippen molar-refractivity contribution in [1.82, 2.24) is 0 Å². The standard InChI is InChI=1S/C8H5FN2O2/c9-6-3-1-2-5(4-10)7(6)13-8(11)12/h1-3H,(H2,11,12). The summed E-state index contributed by atoms with van der Waals surface area (Å²) in [5.41, 5.74) is 4.61. The molecule has 0 bridgehead atoms. The molecular weight excluding hydrogens is 175 g/mol. The number of halogens is 1. The van der Waals surface area contributed by atoms with Crippen molar-refractivity contribution < 1.29 is 13.9 Å². The van der Waals surface area contributed by atoms with Gasteiger partial charge in [-0.25, -0.2) is 9.18 Å². The summed E-state index contributed by atoms with van der Waals surface area (Å²) in [6.45, 7) is 0. The molecule has 13 heavy (non-hydrogen) atoms. The lowest BCUT2D eigenvalue weighted by Crippen LogP contribution is -2.17. The number of para-hydroxylation sites is 1. The van der Waals surface area contributed by atoms with Crippen molar-refractivity contribution in [3.8, 4) is 11.8 Å². The second-order valence-electron chi connectivity index (χ2n) is 2.15. The Labute approximate surface area is 73.3 Å². The Morgan fingerprint density at radius 2 is 2.31 bits per heavy atom. The number of hydrogen-bond donors (Lipinski definition) is 1. The van der Waals surface area contributed by atoms with Crippen molar-refractivity contribution in [3.05, 3.63) is 29.6 Å². The van der Waals surface area contributed by atoms with E-state index in [0.29, 0.717) is 0 Å². The maximum atomic E-state index is 12.9. The zero-order valence-corrected chi connectivity index (χ0v) is 6.45. The molecule has 0 aliphatic rings. The Balaban J connectivity index is 3.17. The predicted octanol–water partition coefficient (Wildman–Crippen LogP) is 1.15. The molecule has 5 heteroatoms. The highest BCUT2D eigenvalue weighted by molar-refractivity contribution is 5.69. The van der Waals surface area contributed by atoms with E-state index in [4.69, 9.17) is 5.26 Å². The smallest absolute Gasteiger partial charge is 0.406 e. The van der Waals surface area contributed by atoms with Crippen LogP contribution in [0, 0.1) is 17.1 Å². The second-order valence-corrected chi connectivity index (χ2v) is 2.15. The van der Waals surface area contributed by atoms with Crippen molar-refractivity contribution in [2.75, 3.05) is 0 Å². The molecule has 1 aromatic carbocycles. The number of nitrogens with zero attached hydrogens (tertiary/aromatic N) is 1. The highest BCUT2D eigenvalue weighted by atomic mass is 19.1. The van der Waals surface area contributed by atoms with Crippen LogP contribution in [-0.4, -0.2) is 6.09 Å². The molecule has 0 atom stereocenters. The van der Waals surface area contributed by atoms with Crippen molar-refractivity contribution in [1.29, 1.82) is 5.26 Å². The lowest BCUT2D eigenvalue weighted by atomic mass is 10.2.